The largest absolute Gasteiger partial charge is 0.466 e. The Balaban J connectivity index is 1.42. The third kappa shape index (κ3) is 2.34. The van der Waals surface area contributed by atoms with Gasteiger partial charge in [0.15, 0.2) is 11.5 Å². The number of ether oxygens (including phenoxy) is 3. The molecule has 2 aromatic carbocycles. The molecule has 1 saturated heterocycles. The van der Waals surface area contributed by atoms with Gasteiger partial charge in [0.25, 0.3) is 0 Å². The minimum absolute atomic E-state index is 0.226. The smallest absolute Gasteiger partial charge is 0.231 e. The zero-order valence-corrected chi connectivity index (χ0v) is 16.0. The minimum Gasteiger partial charge on any atom is -0.466 e. The molecule has 4 aliphatic rings. The van der Waals surface area contributed by atoms with Crippen LogP contribution in [0.4, 0.5) is 0 Å². The molecular weight excluding hydrogens is 354 g/mol. The molecule has 4 heterocycles. The summed E-state index contributed by atoms with van der Waals surface area (Å²) < 4.78 is 17.7. The summed E-state index contributed by atoms with van der Waals surface area (Å²) in [5.41, 5.74) is 3.09. The first-order valence-corrected chi connectivity index (χ1v) is 10.1. The third-order valence-corrected chi connectivity index (χ3v) is 6.50. The molecule has 0 amide bonds. The van der Waals surface area contributed by atoms with E-state index in [9.17, 15) is 0 Å². The maximum atomic E-state index is 6.64. The molecule has 28 heavy (non-hydrogen) atoms. The highest BCUT2D eigenvalue weighted by atomic mass is 16.7. The van der Waals surface area contributed by atoms with E-state index in [1.54, 1.807) is 4.90 Å². The number of para-hydroxylation sites is 1. The average molecular weight is 378 g/mol. The highest BCUT2D eigenvalue weighted by Crippen LogP contribution is 2.49. The number of hydrazone groups is 1. The Morgan fingerprint density at radius 3 is 2.75 bits per heavy atom. The summed E-state index contributed by atoms with van der Waals surface area (Å²) in [5.74, 6) is 2.63. The Morgan fingerprint density at radius 1 is 1.04 bits per heavy atom. The van der Waals surface area contributed by atoms with Gasteiger partial charge in [-0.1, -0.05) is 18.2 Å². The monoisotopic (exact) mass is 378 g/mol. The van der Waals surface area contributed by atoms with Crippen molar-refractivity contribution in [2.75, 3.05) is 26.9 Å². The first-order chi connectivity index (χ1) is 13.7. The standard InChI is InChI=1S/C22H23N3O3/c1-24-10-8-22(9-11-24)25-18(16-4-2-3-5-19(16)28-22)13-17(23-25)15-6-7-20-21(12-15)27-14-26-20/h2-7,12,18H,8-11,13-14H2,1H3/p+1/t18-/m1/s1. The van der Waals surface area contributed by atoms with Crippen LogP contribution in [0.25, 0.3) is 0 Å². The van der Waals surface area contributed by atoms with Crippen molar-refractivity contribution < 1.29 is 19.1 Å². The molecule has 6 heteroatoms. The number of likely N-dealkylation sites (tertiary alicyclic amines) is 1. The Kier molecular flexibility index (Phi) is 3.41. The van der Waals surface area contributed by atoms with E-state index in [-0.39, 0.29) is 11.8 Å². The summed E-state index contributed by atoms with van der Waals surface area (Å²) in [4.78, 5) is 1.56. The van der Waals surface area contributed by atoms with Crippen LogP contribution in [0.1, 0.15) is 36.4 Å². The molecule has 1 fully saturated rings. The van der Waals surface area contributed by atoms with Gasteiger partial charge in [0.05, 0.1) is 44.7 Å². The molecule has 1 atom stereocenters. The van der Waals surface area contributed by atoms with Crippen molar-refractivity contribution in [3.8, 4) is 17.2 Å². The van der Waals surface area contributed by atoms with Crippen LogP contribution in [0.15, 0.2) is 47.6 Å². The molecule has 1 N–H and O–H groups in total. The van der Waals surface area contributed by atoms with Gasteiger partial charge in [-0.15, -0.1) is 0 Å². The van der Waals surface area contributed by atoms with E-state index in [0.717, 1.165) is 60.9 Å². The van der Waals surface area contributed by atoms with E-state index in [0.29, 0.717) is 6.79 Å². The summed E-state index contributed by atoms with van der Waals surface area (Å²) in [5, 5.41) is 7.39. The van der Waals surface area contributed by atoms with Crippen LogP contribution < -0.4 is 19.1 Å². The van der Waals surface area contributed by atoms with Crippen LogP contribution in [-0.2, 0) is 0 Å². The number of piperidine rings is 1. The van der Waals surface area contributed by atoms with Gasteiger partial charge < -0.3 is 19.1 Å². The van der Waals surface area contributed by atoms with E-state index >= 15 is 0 Å². The van der Waals surface area contributed by atoms with Crippen molar-refractivity contribution in [3.63, 3.8) is 0 Å². The van der Waals surface area contributed by atoms with Gasteiger partial charge in [0, 0.05) is 17.5 Å². The van der Waals surface area contributed by atoms with Gasteiger partial charge in [-0.2, -0.15) is 5.10 Å². The number of rotatable bonds is 1. The van der Waals surface area contributed by atoms with Crippen LogP contribution in [0.3, 0.4) is 0 Å². The molecule has 0 saturated carbocycles. The lowest BCUT2D eigenvalue weighted by Gasteiger charge is -2.49. The molecule has 144 valence electrons. The fourth-order valence-corrected chi connectivity index (χ4v) is 4.88. The Morgan fingerprint density at radius 2 is 1.86 bits per heavy atom. The molecule has 0 unspecified atom stereocenters. The first kappa shape index (κ1) is 16.2. The molecule has 0 aromatic heterocycles. The van der Waals surface area contributed by atoms with Crippen molar-refractivity contribution in [3.05, 3.63) is 53.6 Å². The second-order valence-corrected chi connectivity index (χ2v) is 8.22. The Bertz CT molecular complexity index is 965. The Labute approximate surface area is 164 Å². The third-order valence-electron chi connectivity index (χ3n) is 6.50. The lowest BCUT2D eigenvalue weighted by Crippen LogP contribution is -3.11. The second kappa shape index (κ2) is 5.88. The van der Waals surface area contributed by atoms with Crippen molar-refractivity contribution in [2.45, 2.75) is 31.0 Å². The van der Waals surface area contributed by atoms with Crippen molar-refractivity contribution in [1.29, 1.82) is 0 Å². The molecule has 0 bridgehead atoms. The summed E-state index contributed by atoms with van der Waals surface area (Å²) in [6.45, 7) is 2.49. The highest BCUT2D eigenvalue weighted by molar-refractivity contribution is 6.02. The summed E-state index contributed by atoms with van der Waals surface area (Å²) in [6, 6.07) is 14.8. The van der Waals surface area contributed by atoms with Crippen molar-refractivity contribution in [1.82, 2.24) is 5.01 Å². The zero-order valence-electron chi connectivity index (χ0n) is 16.0. The van der Waals surface area contributed by atoms with Gasteiger partial charge in [-0.3, -0.25) is 0 Å². The summed E-state index contributed by atoms with van der Waals surface area (Å²) in [7, 11) is 2.26. The average Bonchev–Trinajstić information content (AvgIpc) is 3.37. The molecule has 0 radical (unpaired) electrons. The van der Waals surface area contributed by atoms with Crippen LogP contribution in [-0.4, -0.2) is 43.4 Å². The number of fused-ring (bicyclic) bond motifs is 5. The molecule has 4 aliphatic heterocycles. The van der Waals surface area contributed by atoms with E-state index in [1.165, 1.54) is 5.56 Å². The summed E-state index contributed by atoms with van der Waals surface area (Å²) >= 11 is 0. The fraction of sp³-hybridized carbons (Fsp3) is 0.409. The van der Waals surface area contributed by atoms with Gasteiger partial charge in [0.2, 0.25) is 12.5 Å². The van der Waals surface area contributed by atoms with Gasteiger partial charge in [-0.05, 0) is 24.3 Å². The predicted octanol–water partition coefficient (Wildman–Crippen LogP) is 1.96. The van der Waals surface area contributed by atoms with Gasteiger partial charge >= 0.3 is 0 Å². The molecule has 6 rings (SSSR count). The lowest BCUT2D eigenvalue weighted by atomic mass is 9.91. The van der Waals surface area contributed by atoms with Crippen LogP contribution in [0, 0.1) is 0 Å². The fourth-order valence-electron chi connectivity index (χ4n) is 4.88. The summed E-state index contributed by atoms with van der Waals surface area (Å²) in [6.07, 6.45) is 2.85. The molecular formula is C22H24N3O3+. The maximum Gasteiger partial charge on any atom is 0.231 e. The number of nitrogens with zero attached hydrogens (tertiary/aromatic N) is 2. The normalized spacial score (nSPS) is 29.9. The molecule has 2 aromatic rings. The molecule has 0 aliphatic carbocycles. The highest BCUT2D eigenvalue weighted by Gasteiger charge is 2.52. The minimum atomic E-state index is -0.337. The van der Waals surface area contributed by atoms with Crippen LogP contribution in [0.5, 0.6) is 17.2 Å². The van der Waals surface area contributed by atoms with Crippen LogP contribution >= 0.6 is 0 Å². The van der Waals surface area contributed by atoms with E-state index in [2.05, 4.69) is 48.5 Å². The number of quaternary nitrogens is 1. The van der Waals surface area contributed by atoms with E-state index in [1.807, 2.05) is 6.07 Å². The number of hydrogen-bond acceptors (Lipinski definition) is 5. The van der Waals surface area contributed by atoms with Crippen LogP contribution in [0.2, 0.25) is 0 Å². The SMILES string of the molecule is C[NH+]1CCC2(CC1)Oc1ccccc1[C@H]1CC(c3ccc4c(c3)OCO4)=NN12. The van der Waals surface area contributed by atoms with Gasteiger partial charge in [0.1, 0.15) is 5.75 Å². The molecule has 1 spiro atoms. The molecule has 6 nitrogen and oxygen atoms in total. The number of hydrogen-bond donors (Lipinski definition) is 1. The van der Waals surface area contributed by atoms with E-state index < -0.39 is 0 Å². The predicted molar refractivity (Wildman–Crippen MR) is 104 cm³/mol. The topological polar surface area (TPSA) is 47.7 Å². The van der Waals surface area contributed by atoms with Gasteiger partial charge in [-0.25, -0.2) is 5.01 Å². The zero-order chi connectivity index (χ0) is 18.7. The first-order valence-electron chi connectivity index (χ1n) is 10.1. The second-order valence-electron chi connectivity index (χ2n) is 8.22. The van der Waals surface area contributed by atoms with Crippen molar-refractivity contribution >= 4 is 5.71 Å². The van der Waals surface area contributed by atoms with Crippen molar-refractivity contribution in [2.24, 2.45) is 5.10 Å². The van der Waals surface area contributed by atoms with E-state index in [4.69, 9.17) is 19.3 Å². The number of nitrogens with one attached hydrogen (secondary N) is 1. The Hall–Kier alpha value is -2.73. The quantitative estimate of drug-likeness (QED) is 0.824. The number of benzene rings is 2. The maximum absolute atomic E-state index is 6.64. The lowest BCUT2D eigenvalue weighted by molar-refractivity contribution is -0.888.